The van der Waals surface area contributed by atoms with E-state index < -0.39 is 11.9 Å². The van der Waals surface area contributed by atoms with Crippen LogP contribution in [0.1, 0.15) is 24.8 Å². The molecule has 3 N–H and O–H groups in total. The summed E-state index contributed by atoms with van der Waals surface area (Å²) in [5, 5.41) is 10.1. The van der Waals surface area contributed by atoms with Crippen molar-refractivity contribution in [3.8, 4) is 0 Å². The number of hydrogen-bond donors (Lipinski definition) is 2. The molecule has 1 aromatic carbocycles. The fourth-order valence-electron chi connectivity index (χ4n) is 1.82. The van der Waals surface area contributed by atoms with Crippen molar-refractivity contribution < 1.29 is 9.90 Å². The first-order valence-electron chi connectivity index (χ1n) is 5.34. The number of carboxylic acid groups (broad SMARTS) is 1. The van der Waals surface area contributed by atoms with E-state index in [1.165, 1.54) is 0 Å². The van der Waals surface area contributed by atoms with Crippen molar-refractivity contribution in [3.05, 3.63) is 33.8 Å². The molecule has 17 heavy (non-hydrogen) atoms. The van der Waals surface area contributed by atoms with Gasteiger partial charge >= 0.3 is 5.97 Å². The van der Waals surface area contributed by atoms with Gasteiger partial charge in [0.25, 0.3) is 0 Å². The Labute approximate surface area is 111 Å². The van der Waals surface area contributed by atoms with Gasteiger partial charge in [0.2, 0.25) is 0 Å². The summed E-state index contributed by atoms with van der Waals surface area (Å²) in [5.41, 5.74) is 6.22. The lowest BCUT2D eigenvalue weighted by molar-refractivity contribution is -0.141. The minimum absolute atomic E-state index is 0.0409. The number of benzene rings is 1. The second-order valence-corrected chi connectivity index (χ2v) is 4.86. The van der Waals surface area contributed by atoms with E-state index in [9.17, 15) is 4.79 Å². The summed E-state index contributed by atoms with van der Waals surface area (Å²) in [7, 11) is 0. The van der Waals surface area contributed by atoms with Gasteiger partial charge in [-0.25, -0.2) is 0 Å². The second-order valence-electron chi connectivity index (χ2n) is 4.04. The topological polar surface area (TPSA) is 63.3 Å². The standard InChI is InChI=1S/C12H15Cl2NO2/c1-7(5-8(6-15)12(16)17)11-9(13)3-2-4-10(11)14/h2-4,7-8H,5-6,15H2,1H3,(H,16,17). The smallest absolute Gasteiger partial charge is 0.307 e. The SMILES string of the molecule is CC(CC(CN)C(=O)O)c1c(Cl)cccc1Cl. The van der Waals surface area contributed by atoms with E-state index in [4.69, 9.17) is 34.0 Å². The second kappa shape index (κ2) is 6.24. The Morgan fingerprint density at radius 2 is 1.94 bits per heavy atom. The van der Waals surface area contributed by atoms with E-state index in [1.54, 1.807) is 18.2 Å². The van der Waals surface area contributed by atoms with Crippen molar-refractivity contribution >= 4 is 29.2 Å². The Morgan fingerprint density at radius 1 is 1.41 bits per heavy atom. The zero-order valence-electron chi connectivity index (χ0n) is 9.49. The average Bonchev–Trinajstić information content (AvgIpc) is 2.25. The summed E-state index contributed by atoms with van der Waals surface area (Å²) in [6, 6.07) is 5.26. The Morgan fingerprint density at radius 3 is 2.35 bits per heavy atom. The van der Waals surface area contributed by atoms with Gasteiger partial charge in [-0.2, -0.15) is 0 Å². The third-order valence-corrected chi connectivity index (χ3v) is 3.42. The molecular formula is C12H15Cl2NO2. The molecule has 0 bridgehead atoms. The highest BCUT2D eigenvalue weighted by Crippen LogP contribution is 2.34. The number of carboxylic acids is 1. The van der Waals surface area contributed by atoms with Crippen molar-refractivity contribution in [1.29, 1.82) is 0 Å². The minimum atomic E-state index is -0.887. The van der Waals surface area contributed by atoms with E-state index in [1.807, 2.05) is 6.92 Å². The van der Waals surface area contributed by atoms with E-state index >= 15 is 0 Å². The molecule has 0 radical (unpaired) electrons. The van der Waals surface area contributed by atoms with E-state index in [2.05, 4.69) is 0 Å². The third-order valence-electron chi connectivity index (χ3n) is 2.76. The van der Waals surface area contributed by atoms with Crippen LogP contribution in [0.15, 0.2) is 18.2 Å². The van der Waals surface area contributed by atoms with Crippen LogP contribution < -0.4 is 5.73 Å². The van der Waals surface area contributed by atoms with Gasteiger partial charge in [-0.05, 0) is 30.0 Å². The average molecular weight is 276 g/mol. The molecule has 0 aliphatic carbocycles. The molecule has 0 fully saturated rings. The molecule has 2 unspecified atom stereocenters. The van der Waals surface area contributed by atoms with Gasteiger partial charge in [0.1, 0.15) is 0 Å². The normalized spacial score (nSPS) is 14.4. The van der Waals surface area contributed by atoms with E-state index in [0.29, 0.717) is 16.5 Å². The lowest BCUT2D eigenvalue weighted by Crippen LogP contribution is -2.24. The van der Waals surface area contributed by atoms with Gasteiger partial charge in [-0.1, -0.05) is 36.2 Å². The summed E-state index contributed by atoms with van der Waals surface area (Å²) in [4.78, 5) is 10.9. The minimum Gasteiger partial charge on any atom is -0.481 e. The molecule has 1 aromatic rings. The van der Waals surface area contributed by atoms with Gasteiger partial charge in [-0.3, -0.25) is 4.79 Å². The van der Waals surface area contributed by atoms with Crippen molar-refractivity contribution in [2.45, 2.75) is 19.3 Å². The Kier molecular flexibility index (Phi) is 5.25. The fraction of sp³-hybridized carbons (Fsp3) is 0.417. The zero-order chi connectivity index (χ0) is 13.0. The van der Waals surface area contributed by atoms with Crippen molar-refractivity contribution in [2.75, 3.05) is 6.54 Å². The predicted molar refractivity (Wildman–Crippen MR) is 69.7 cm³/mol. The summed E-state index contributed by atoms with van der Waals surface area (Å²) in [5.74, 6) is -1.50. The molecule has 2 atom stereocenters. The zero-order valence-corrected chi connectivity index (χ0v) is 11.0. The molecule has 0 saturated carbocycles. The Balaban J connectivity index is 2.89. The first kappa shape index (κ1) is 14.3. The molecular weight excluding hydrogens is 261 g/mol. The molecule has 0 aromatic heterocycles. The highest BCUT2D eigenvalue weighted by molar-refractivity contribution is 6.36. The third kappa shape index (κ3) is 3.60. The Hall–Kier alpha value is -0.770. The van der Waals surface area contributed by atoms with Crippen molar-refractivity contribution in [2.24, 2.45) is 11.7 Å². The van der Waals surface area contributed by atoms with Gasteiger partial charge in [0.05, 0.1) is 5.92 Å². The number of aliphatic carboxylic acids is 1. The quantitative estimate of drug-likeness (QED) is 0.868. The van der Waals surface area contributed by atoms with Gasteiger partial charge in [0, 0.05) is 16.6 Å². The van der Waals surface area contributed by atoms with Crippen LogP contribution in [0.5, 0.6) is 0 Å². The van der Waals surface area contributed by atoms with Crippen molar-refractivity contribution in [3.63, 3.8) is 0 Å². The first-order chi connectivity index (χ1) is 7.97. The molecule has 0 saturated heterocycles. The van der Waals surface area contributed by atoms with Crippen LogP contribution in [0.3, 0.4) is 0 Å². The number of carbonyl (C=O) groups is 1. The fourth-order valence-corrected chi connectivity index (χ4v) is 2.59. The first-order valence-corrected chi connectivity index (χ1v) is 6.09. The summed E-state index contributed by atoms with van der Waals surface area (Å²) in [6.45, 7) is 2.01. The molecule has 0 amide bonds. The van der Waals surface area contributed by atoms with Crippen LogP contribution in [0.2, 0.25) is 10.0 Å². The molecule has 94 valence electrons. The monoisotopic (exact) mass is 275 g/mol. The molecule has 1 rings (SSSR count). The van der Waals surface area contributed by atoms with Crippen LogP contribution in [0.25, 0.3) is 0 Å². The largest absolute Gasteiger partial charge is 0.481 e. The van der Waals surface area contributed by atoms with Crippen LogP contribution in [-0.2, 0) is 4.79 Å². The lowest BCUT2D eigenvalue weighted by atomic mass is 9.90. The van der Waals surface area contributed by atoms with Gasteiger partial charge in [-0.15, -0.1) is 0 Å². The van der Waals surface area contributed by atoms with Gasteiger partial charge < -0.3 is 10.8 Å². The number of hydrogen-bond acceptors (Lipinski definition) is 2. The molecule has 0 aliphatic heterocycles. The number of nitrogens with two attached hydrogens (primary N) is 1. The highest BCUT2D eigenvalue weighted by atomic mass is 35.5. The van der Waals surface area contributed by atoms with Gasteiger partial charge in [0.15, 0.2) is 0 Å². The number of halogens is 2. The molecule has 0 heterocycles. The molecule has 5 heteroatoms. The summed E-state index contributed by atoms with van der Waals surface area (Å²) in [6.07, 6.45) is 0.426. The summed E-state index contributed by atoms with van der Waals surface area (Å²) < 4.78 is 0. The van der Waals surface area contributed by atoms with E-state index in [0.717, 1.165) is 5.56 Å². The highest BCUT2D eigenvalue weighted by Gasteiger charge is 2.22. The number of rotatable bonds is 5. The van der Waals surface area contributed by atoms with Crippen LogP contribution in [-0.4, -0.2) is 17.6 Å². The maximum atomic E-state index is 10.9. The molecule has 3 nitrogen and oxygen atoms in total. The maximum Gasteiger partial charge on any atom is 0.307 e. The summed E-state index contributed by atoms with van der Waals surface area (Å²) >= 11 is 12.1. The van der Waals surface area contributed by atoms with Crippen LogP contribution in [0, 0.1) is 5.92 Å². The maximum absolute atomic E-state index is 10.9. The molecule has 0 aliphatic rings. The predicted octanol–water partition coefficient (Wildman–Crippen LogP) is 3.15. The van der Waals surface area contributed by atoms with Crippen molar-refractivity contribution in [1.82, 2.24) is 0 Å². The van der Waals surface area contributed by atoms with E-state index in [-0.39, 0.29) is 12.5 Å². The Bertz CT molecular complexity index is 389. The lowest BCUT2D eigenvalue weighted by Gasteiger charge is -2.18. The van der Waals surface area contributed by atoms with Crippen LogP contribution in [0.4, 0.5) is 0 Å². The van der Waals surface area contributed by atoms with Crippen LogP contribution >= 0.6 is 23.2 Å². The molecule has 0 spiro atoms.